The molecule has 1 amide bonds. The fraction of sp³-hybridized carbons (Fsp3) is 0.636. The molecule has 1 atom stereocenters. The molecule has 3 N–H and O–H groups in total. The van der Waals surface area contributed by atoms with E-state index < -0.39 is 0 Å². The maximum absolute atomic E-state index is 11.9. The molecule has 1 aliphatic rings. The van der Waals surface area contributed by atoms with Gasteiger partial charge >= 0.3 is 0 Å². The average molecular weight is 259 g/mol. The van der Waals surface area contributed by atoms with Crippen molar-refractivity contribution in [2.75, 3.05) is 6.54 Å². The van der Waals surface area contributed by atoms with Crippen LogP contribution in [0.15, 0.2) is 6.07 Å². The van der Waals surface area contributed by atoms with Crippen molar-refractivity contribution in [3.8, 4) is 0 Å². The van der Waals surface area contributed by atoms with Gasteiger partial charge in [0.1, 0.15) is 5.69 Å². The molecule has 1 aromatic rings. The summed E-state index contributed by atoms with van der Waals surface area (Å²) in [5, 5.41) is 7.09. The van der Waals surface area contributed by atoms with Gasteiger partial charge in [-0.25, -0.2) is 0 Å². The summed E-state index contributed by atoms with van der Waals surface area (Å²) in [5.41, 5.74) is 7.08. The normalized spacial score (nSPS) is 16.2. The number of aromatic nitrogens is 2. The molecule has 1 fully saturated rings. The smallest absolute Gasteiger partial charge is 0.272 e. The second-order valence-corrected chi connectivity index (χ2v) is 4.45. The van der Waals surface area contributed by atoms with E-state index in [1.807, 2.05) is 14.0 Å². The third kappa shape index (κ3) is 3.20. The monoisotopic (exact) mass is 258 g/mol. The van der Waals surface area contributed by atoms with Crippen LogP contribution >= 0.6 is 12.4 Å². The first-order valence-electron chi connectivity index (χ1n) is 5.63. The Bertz CT molecular complexity index is 381. The molecule has 0 aliphatic heterocycles. The molecular formula is C11H19ClN4O. The molecule has 6 heteroatoms. The van der Waals surface area contributed by atoms with Crippen molar-refractivity contribution in [3.63, 3.8) is 0 Å². The molecule has 0 radical (unpaired) electrons. The van der Waals surface area contributed by atoms with Crippen molar-refractivity contribution in [1.29, 1.82) is 0 Å². The predicted molar refractivity (Wildman–Crippen MR) is 68.2 cm³/mol. The van der Waals surface area contributed by atoms with Crippen molar-refractivity contribution in [2.45, 2.75) is 25.8 Å². The number of nitrogens with one attached hydrogen (secondary N) is 1. The summed E-state index contributed by atoms with van der Waals surface area (Å²) in [6.45, 7) is 2.42. The molecule has 5 nitrogen and oxygen atoms in total. The number of carbonyl (C=O) groups is 1. The summed E-state index contributed by atoms with van der Waals surface area (Å²) >= 11 is 0. The topological polar surface area (TPSA) is 72.9 Å². The van der Waals surface area contributed by atoms with Gasteiger partial charge in [-0.2, -0.15) is 5.10 Å². The zero-order chi connectivity index (χ0) is 11.7. The van der Waals surface area contributed by atoms with Gasteiger partial charge in [-0.15, -0.1) is 12.4 Å². The first-order chi connectivity index (χ1) is 7.61. The van der Waals surface area contributed by atoms with E-state index in [0.29, 0.717) is 18.2 Å². The second-order valence-electron chi connectivity index (χ2n) is 4.45. The Balaban J connectivity index is 0.00000144. The van der Waals surface area contributed by atoms with Crippen LogP contribution in [0.4, 0.5) is 0 Å². The summed E-state index contributed by atoms with van der Waals surface area (Å²) in [6, 6.07) is 1.89. The Labute approximate surface area is 107 Å². The van der Waals surface area contributed by atoms with Crippen molar-refractivity contribution < 1.29 is 4.79 Å². The molecule has 0 spiro atoms. The van der Waals surface area contributed by atoms with E-state index in [1.165, 1.54) is 12.8 Å². The number of carbonyl (C=O) groups excluding carboxylic acids is 1. The van der Waals surface area contributed by atoms with E-state index in [4.69, 9.17) is 5.73 Å². The maximum Gasteiger partial charge on any atom is 0.272 e. The van der Waals surface area contributed by atoms with E-state index in [0.717, 1.165) is 5.69 Å². The van der Waals surface area contributed by atoms with Gasteiger partial charge in [0.25, 0.3) is 5.91 Å². The highest BCUT2D eigenvalue weighted by Crippen LogP contribution is 2.32. The van der Waals surface area contributed by atoms with Gasteiger partial charge < -0.3 is 11.1 Å². The van der Waals surface area contributed by atoms with Crippen LogP contribution in [-0.4, -0.2) is 28.3 Å². The van der Waals surface area contributed by atoms with Crippen molar-refractivity contribution in [2.24, 2.45) is 18.7 Å². The lowest BCUT2D eigenvalue weighted by Crippen LogP contribution is -2.41. The number of amides is 1. The largest absolute Gasteiger partial charge is 0.346 e. The third-order valence-corrected chi connectivity index (χ3v) is 3.11. The molecule has 1 saturated carbocycles. The van der Waals surface area contributed by atoms with Crippen molar-refractivity contribution in [3.05, 3.63) is 17.5 Å². The Morgan fingerprint density at radius 1 is 1.71 bits per heavy atom. The van der Waals surface area contributed by atoms with Crippen LogP contribution in [0.2, 0.25) is 0 Å². The minimum Gasteiger partial charge on any atom is -0.346 e. The molecule has 1 unspecified atom stereocenters. The lowest BCUT2D eigenvalue weighted by atomic mass is 10.2. The van der Waals surface area contributed by atoms with E-state index in [-0.39, 0.29) is 24.4 Å². The summed E-state index contributed by atoms with van der Waals surface area (Å²) in [4.78, 5) is 11.9. The molecule has 17 heavy (non-hydrogen) atoms. The molecule has 96 valence electrons. The van der Waals surface area contributed by atoms with Crippen LogP contribution in [0.5, 0.6) is 0 Å². The summed E-state index contributed by atoms with van der Waals surface area (Å²) in [7, 11) is 1.83. The number of halogens is 1. The van der Waals surface area contributed by atoms with Crippen LogP contribution in [0.3, 0.4) is 0 Å². The third-order valence-electron chi connectivity index (χ3n) is 3.11. The van der Waals surface area contributed by atoms with E-state index >= 15 is 0 Å². The fourth-order valence-electron chi connectivity index (χ4n) is 1.78. The van der Waals surface area contributed by atoms with Crippen LogP contribution in [-0.2, 0) is 7.05 Å². The summed E-state index contributed by atoms with van der Waals surface area (Å²) < 4.78 is 1.70. The number of hydrogen-bond donors (Lipinski definition) is 2. The van der Waals surface area contributed by atoms with Gasteiger partial charge in [-0.3, -0.25) is 9.48 Å². The molecule has 1 aromatic heterocycles. The zero-order valence-corrected chi connectivity index (χ0v) is 11.0. The maximum atomic E-state index is 11.9. The Morgan fingerprint density at radius 2 is 2.35 bits per heavy atom. The number of nitrogens with zero attached hydrogens (tertiary/aromatic N) is 2. The highest BCUT2D eigenvalue weighted by molar-refractivity contribution is 5.92. The van der Waals surface area contributed by atoms with Crippen molar-refractivity contribution >= 4 is 18.3 Å². The molecule has 1 heterocycles. The molecular weight excluding hydrogens is 240 g/mol. The molecule has 0 aromatic carbocycles. The lowest BCUT2D eigenvalue weighted by molar-refractivity contribution is 0.0927. The standard InChI is InChI=1S/C11H18N4O.ClH/c1-7-5-9(14-15(7)2)11(16)13-10(6-12)8-3-4-8;/h5,8,10H,3-4,6,12H2,1-2H3,(H,13,16);1H. The second kappa shape index (κ2) is 5.51. The van der Waals surface area contributed by atoms with Gasteiger partial charge in [-0.05, 0) is 31.7 Å². The number of rotatable bonds is 4. The van der Waals surface area contributed by atoms with Gasteiger partial charge in [-0.1, -0.05) is 0 Å². The predicted octanol–water partition coefficient (Wildman–Crippen LogP) is 0.617. The first-order valence-corrected chi connectivity index (χ1v) is 5.63. The lowest BCUT2D eigenvalue weighted by Gasteiger charge is -2.14. The molecule has 0 bridgehead atoms. The minimum absolute atomic E-state index is 0. The van der Waals surface area contributed by atoms with Gasteiger partial charge in [0.2, 0.25) is 0 Å². The Hall–Kier alpha value is -1.07. The molecule has 0 saturated heterocycles. The first kappa shape index (κ1) is 14.0. The van der Waals surface area contributed by atoms with E-state index in [2.05, 4.69) is 10.4 Å². The average Bonchev–Trinajstić information content (AvgIpc) is 3.03. The highest BCUT2D eigenvalue weighted by Gasteiger charge is 2.31. The minimum atomic E-state index is -0.119. The molecule has 2 rings (SSSR count). The van der Waals surface area contributed by atoms with Crippen LogP contribution < -0.4 is 11.1 Å². The van der Waals surface area contributed by atoms with E-state index in [1.54, 1.807) is 10.7 Å². The zero-order valence-electron chi connectivity index (χ0n) is 10.1. The number of aryl methyl sites for hydroxylation is 2. The SMILES string of the molecule is Cc1cc(C(=O)NC(CN)C2CC2)nn1C.Cl. The van der Waals surface area contributed by atoms with Crippen LogP contribution in [0.25, 0.3) is 0 Å². The Kier molecular flexibility index (Phi) is 4.54. The van der Waals surface area contributed by atoms with Crippen LogP contribution in [0, 0.1) is 12.8 Å². The fourth-order valence-corrected chi connectivity index (χ4v) is 1.78. The highest BCUT2D eigenvalue weighted by atomic mass is 35.5. The number of hydrogen-bond acceptors (Lipinski definition) is 3. The van der Waals surface area contributed by atoms with Crippen molar-refractivity contribution in [1.82, 2.24) is 15.1 Å². The van der Waals surface area contributed by atoms with Crippen LogP contribution in [0.1, 0.15) is 29.0 Å². The number of nitrogens with two attached hydrogens (primary N) is 1. The quantitative estimate of drug-likeness (QED) is 0.832. The van der Waals surface area contributed by atoms with Gasteiger partial charge in [0, 0.05) is 25.3 Å². The van der Waals surface area contributed by atoms with Gasteiger partial charge in [0.15, 0.2) is 0 Å². The molecule has 1 aliphatic carbocycles. The van der Waals surface area contributed by atoms with Gasteiger partial charge in [0.05, 0.1) is 0 Å². The summed E-state index contributed by atoms with van der Waals surface area (Å²) in [6.07, 6.45) is 2.34. The van der Waals surface area contributed by atoms with E-state index in [9.17, 15) is 4.79 Å². The summed E-state index contributed by atoms with van der Waals surface area (Å²) in [5.74, 6) is 0.449. The Morgan fingerprint density at radius 3 is 2.76 bits per heavy atom.